The van der Waals surface area contributed by atoms with Crippen LogP contribution in [-0.4, -0.2) is 31.7 Å². The van der Waals surface area contributed by atoms with E-state index >= 15 is 0 Å². The van der Waals surface area contributed by atoms with Gasteiger partial charge in [0.15, 0.2) is 5.75 Å². The molecule has 0 amide bonds. The molecule has 0 atom stereocenters. The van der Waals surface area contributed by atoms with Crippen LogP contribution in [0.15, 0.2) is 78.7 Å². The molecule has 0 saturated carbocycles. The summed E-state index contributed by atoms with van der Waals surface area (Å²) in [5.41, 5.74) is 3.15. The summed E-state index contributed by atoms with van der Waals surface area (Å²) in [6.45, 7) is 0.390. The second kappa shape index (κ2) is 8.95. The minimum absolute atomic E-state index is 0.0602. The summed E-state index contributed by atoms with van der Waals surface area (Å²) in [5, 5.41) is 8.98. The molecular formula is C23H24N2O3. The third kappa shape index (κ3) is 5.04. The van der Waals surface area contributed by atoms with Crippen LogP contribution in [0.2, 0.25) is 0 Å². The maximum atomic E-state index is 10.9. The third-order valence-electron chi connectivity index (χ3n) is 4.32. The van der Waals surface area contributed by atoms with Gasteiger partial charge in [-0.05, 0) is 35.9 Å². The summed E-state index contributed by atoms with van der Waals surface area (Å²) in [7, 11) is 4.03. The maximum absolute atomic E-state index is 10.9. The molecule has 2 aromatic rings. The van der Waals surface area contributed by atoms with Crippen LogP contribution in [0, 0.1) is 0 Å². The summed E-state index contributed by atoms with van der Waals surface area (Å²) in [4.78, 5) is 14.9. The van der Waals surface area contributed by atoms with Gasteiger partial charge in [-0.1, -0.05) is 42.5 Å². The van der Waals surface area contributed by atoms with Crippen LogP contribution < -0.4 is 14.5 Å². The Morgan fingerprint density at radius 2 is 1.79 bits per heavy atom. The van der Waals surface area contributed by atoms with E-state index in [4.69, 9.17) is 9.84 Å². The van der Waals surface area contributed by atoms with Crippen molar-refractivity contribution in [3.63, 3.8) is 0 Å². The van der Waals surface area contributed by atoms with E-state index < -0.39 is 5.97 Å². The van der Waals surface area contributed by atoms with Crippen molar-refractivity contribution in [3.05, 3.63) is 84.3 Å². The van der Waals surface area contributed by atoms with E-state index in [0.29, 0.717) is 12.3 Å². The van der Waals surface area contributed by atoms with E-state index in [1.165, 1.54) is 0 Å². The van der Waals surface area contributed by atoms with Gasteiger partial charge in [0.1, 0.15) is 5.76 Å². The van der Waals surface area contributed by atoms with E-state index in [-0.39, 0.29) is 6.42 Å². The standard InChI is InChI=1S/C23H24N2O3/c1-24(2)19-13-11-18(12-14-19)7-3-4-8-20-17-25(16-15-23(26)27)21-9-5-6-10-22(21)28-20/h3-14,17H,15-16H2,1-2H3,(H,26,27)/b7-3+,8-4+. The fourth-order valence-corrected chi connectivity index (χ4v) is 2.84. The first kappa shape index (κ1) is 19.3. The van der Waals surface area contributed by atoms with Gasteiger partial charge in [-0.15, -0.1) is 0 Å². The Morgan fingerprint density at radius 3 is 2.50 bits per heavy atom. The minimum Gasteiger partial charge on any atom is -0.481 e. The maximum Gasteiger partial charge on any atom is 0.305 e. The SMILES string of the molecule is CN(C)c1ccc(/C=C/C=C/C2=CN(CCC(=O)O)c3ccccc3O2)cc1. The van der Waals surface area contributed by atoms with Crippen LogP contribution in [0.1, 0.15) is 12.0 Å². The normalized spacial score (nSPS) is 13.4. The van der Waals surface area contributed by atoms with Crippen molar-refractivity contribution in [3.8, 4) is 5.75 Å². The number of para-hydroxylation sites is 2. The zero-order chi connectivity index (χ0) is 19.9. The summed E-state index contributed by atoms with van der Waals surface area (Å²) in [5.74, 6) is 0.563. The third-order valence-corrected chi connectivity index (χ3v) is 4.32. The number of carboxylic acids is 1. The molecule has 0 bridgehead atoms. The molecule has 5 heteroatoms. The second-order valence-corrected chi connectivity index (χ2v) is 6.64. The van der Waals surface area contributed by atoms with Crippen molar-refractivity contribution in [1.29, 1.82) is 0 Å². The number of hydrogen-bond acceptors (Lipinski definition) is 4. The van der Waals surface area contributed by atoms with Crippen LogP contribution in [0.25, 0.3) is 6.08 Å². The Hall–Kier alpha value is -3.47. The average molecular weight is 376 g/mol. The number of benzene rings is 2. The number of nitrogens with zero attached hydrogens (tertiary/aromatic N) is 2. The molecule has 3 rings (SSSR count). The van der Waals surface area contributed by atoms with Gasteiger partial charge in [-0.3, -0.25) is 4.79 Å². The fourth-order valence-electron chi connectivity index (χ4n) is 2.84. The highest BCUT2D eigenvalue weighted by molar-refractivity contribution is 5.69. The Labute approximate surface area is 165 Å². The van der Waals surface area contributed by atoms with Gasteiger partial charge >= 0.3 is 5.97 Å². The molecule has 0 saturated heterocycles. The number of carboxylic acid groups (broad SMARTS) is 1. The highest BCUT2D eigenvalue weighted by Gasteiger charge is 2.17. The monoisotopic (exact) mass is 376 g/mol. The number of ether oxygens (including phenoxy) is 1. The molecule has 28 heavy (non-hydrogen) atoms. The van der Waals surface area contributed by atoms with E-state index in [1.54, 1.807) is 0 Å². The van der Waals surface area contributed by atoms with Crippen LogP contribution in [-0.2, 0) is 4.79 Å². The number of allylic oxidation sites excluding steroid dienone is 3. The molecule has 144 valence electrons. The van der Waals surface area contributed by atoms with Gasteiger partial charge in [-0.2, -0.15) is 0 Å². The minimum atomic E-state index is -0.822. The van der Waals surface area contributed by atoms with Crippen LogP contribution >= 0.6 is 0 Å². The molecule has 1 N–H and O–H groups in total. The average Bonchev–Trinajstić information content (AvgIpc) is 2.69. The van der Waals surface area contributed by atoms with Gasteiger partial charge in [0.05, 0.1) is 12.1 Å². The van der Waals surface area contributed by atoms with Crippen LogP contribution in [0.4, 0.5) is 11.4 Å². The van der Waals surface area contributed by atoms with Gasteiger partial charge < -0.3 is 19.6 Å². The predicted molar refractivity (Wildman–Crippen MR) is 114 cm³/mol. The number of rotatable bonds is 7. The molecule has 0 fully saturated rings. The summed E-state index contributed by atoms with van der Waals surface area (Å²) in [6, 6.07) is 15.9. The number of aliphatic carboxylic acids is 1. The zero-order valence-corrected chi connectivity index (χ0v) is 16.1. The van der Waals surface area contributed by atoms with Crippen LogP contribution in [0.5, 0.6) is 5.75 Å². The first-order valence-electron chi connectivity index (χ1n) is 9.12. The number of hydrogen-bond donors (Lipinski definition) is 1. The molecule has 1 heterocycles. The Balaban J connectivity index is 1.69. The number of fused-ring (bicyclic) bond motifs is 1. The van der Waals surface area contributed by atoms with Crippen molar-refractivity contribution in [2.75, 3.05) is 30.4 Å². The van der Waals surface area contributed by atoms with Crippen molar-refractivity contribution in [2.45, 2.75) is 6.42 Å². The van der Waals surface area contributed by atoms with E-state index in [2.05, 4.69) is 29.2 Å². The molecule has 1 aliphatic heterocycles. The Morgan fingerprint density at radius 1 is 1.07 bits per heavy atom. The molecule has 0 unspecified atom stereocenters. The molecule has 0 aromatic heterocycles. The lowest BCUT2D eigenvalue weighted by Crippen LogP contribution is -2.24. The zero-order valence-electron chi connectivity index (χ0n) is 16.1. The quantitative estimate of drug-likeness (QED) is 0.719. The Kier molecular flexibility index (Phi) is 6.17. The smallest absolute Gasteiger partial charge is 0.305 e. The molecule has 2 aromatic carbocycles. The number of carbonyl (C=O) groups is 1. The predicted octanol–water partition coefficient (Wildman–Crippen LogP) is 4.54. The topological polar surface area (TPSA) is 53.0 Å². The molecule has 0 radical (unpaired) electrons. The molecular weight excluding hydrogens is 352 g/mol. The largest absolute Gasteiger partial charge is 0.481 e. The molecule has 0 spiro atoms. The van der Waals surface area contributed by atoms with E-state index in [1.807, 2.05) is 73.8 Å². The lowest BCUT2D eigenvalue weighted by molar-refractivity contribution is -0.136. The summed E-state index contributed by atoms with van der Waals surface area (Å²) >= 11 is 0. The molecule has 5 nitrogen and oxygen atoms in total. The second-order valence-electron chi connectivity index (χ2n) is 6.64. The van der Waals surface area contributed by atoms with Gasteiger partial charge in [0.25, 0.3) is 0 Å². The van der Waals surface area contributed by atoms with Crippen molar-refractivity contribution < 1.29 is 14.6 Å². The Bertz CT molecular complexity index is 912. The van der Waals surface area contributed by atoms with Crippen molar-refractivity contribution in [2.24, 2.45) is 0 Å². The lowest BCUT2D eigenvalue weighted by atomic mass is 10.2. The highest BCUT2D eigenvalue weighted by atomic mass is 16.5. The summed E-state index contributed by atoms with van der Waals surface area (Å²) in [6.07, 6.45) is 9.65. The summed E-state index contributed by atoms with van der Waals surface area (Å²) < 4.78 is 5.91. The molecule has 1 aliphatic rings. The fraction of sp³-hybridized carbons (Fsp3) is 0.174. The first-order chi connectivity index (χ1) is 13.5. The van der Waals surface area contributed by atoms with E-state index in [0.717, 1.165) is 22.7 Å². The van der Waals surface area contributed by atoms with Crippen molar-refractivity contribution >= 4 is 23.4 Å². The number of anilines is 2. The van der Waals surface area contributed by atoms with Gasteiger partial charge in [-0.25, -0.2) is 0 Å². The van der Waals surface area contributed by atoms with Crippen LogP contribution in [0.3, 0.4) is 0 Å². The lowest BCUT2D eigenvalue weighted by Gasteiger charge is -2.27. The first-order valence-corrected chi connectivity index (χ1v) is 9.12. The molecule has 0 aliphatic carbocycles. The highest BCUT2D eigenvalue weighted by Crippen LogP contribution is 2.34. The van der Waals surface area contributed by atoms with Gasteiger partial charge in [0.2, 0.25) is 0 Å². The van der Waals surface area contributed by atoms with E-state index in [9.17, 15) is 4.79 Å². The van der Waals surface area contributed by atoms with Crippen molar-refractivity contribution in [1.82, 2.24) is 0 Å². The van der Waals surface area contributed by atoms with Gasteiger partial charge in [0, 0.05) is 32.5 Å².